The molecule has 1 unspecified atom stereocenters. The zero-order valence-corrected chi connectivity index (χ0v) is 15.1. The van der Waals surface area contributed by atoms with E-state index < -0.39 is 27.9 Å². The average molecular weight is 377 g/mol. The van der Waals surface area contributed by atoms with E-state index in [-0.39, 0.29) is 11.4 Å². The van der Waals surface area contributed by atoms with Crippen molar-refractivity contribution < 1.29 is 23.2 Å². The van der Waals surface area contributed by atoms with Crippen molar-refractivity contribution in [1.82, 2.24) is 14.8 Å². The van der Waals surface area contributed by atoms with E-state index >= 15 is 0 Å². The third-order valence-corrected chi connectivity index (χ3v) is 6.35. The van der Waals surface area contributed by atoms with E-state index in [4.69, 9.17) is 9.94 Å². The van der Waals surface area contributed by atoms with E-state index in [1.54, 1.807) is 30.7 Å². The van der Waals surface area contributed by atoms with Crippen molar-refractivity contribution >= 4 is 15.9 Å². The topological polar surface area (TPSA) is 109 Å². The van der Waals surface area contributed by atoms with Gasteiger partial charge >= 0.3 is 0 Å². The summed E-state index contributed by atoms with van der Waals surface area (Å²) in [6.07, 6.45) is 1.59. The first-order valence-electron chi connectivity index (χ1n) is 7.93. The number of ether oxygens (including phenoxy) is 1. The van der Waals surface area contributed by atoms with Crippen LogP contribution in [0, 0.1) is 0 Å². The number of fused-ring (bicyclic) bond motifs is 1. The van der Waals surface area contributed by atoms with Crippen molar-refractivity contribution in [2.45, 2.75) is 30.3 Å². The number of carbonyl (C=O) groups is 1. The smallest absolute Gasteiger partial charge is 0.262 e. The number of sulfonamides is 1. The lowest BCUT2D eigenvalue weighted by Crippen LogP contribution is -2.53. The first kappa shape index (κ1) is 18.3. The Morgan fingerprint density at radius 2 is 2.00 bits per heavy atom. The van der Waals surface area contributed by atoms with Crippen LogP contribution in [0.25, 0.3) is 0 Å². The Labute approximate surface area is 151 Å². The van der Waals surface area contributed by atoms with Crippen LogP contribution in [0.1, 0.15) is 24.1 Å². The molecular weight excluding hydrogens is 358 g/mol. The Morgan fingerprint density at radius 1 is 1.31 bits per heavy atom. The molecule has 8 nitrogen and oxygen atoms in total. The predicted octanol–water partition coefficient (Wildman–Crippen LogP) is 1.27. The number of amides is 1. The van der Waals surface area contributed by atoms with E-state index in [0.29, 0.717) is 11.4 Å². The minimum Gasteiger partial charge on any atom is -0.497 e. The van der Waals surface area contributed by atoms with Crippen molar-refractivity contribution in [2.24, 2.45) is 0 Å². The second kappa shape index (κ2) is 7.02. The third kappa shape index (κ3) is 3.05. The van der Waals surface area contributed by atoms with E-state index in [1.165, 1.54) is 31.4 Å². The van der Waals surface area contributed by atoms with E-state index in [2.05, 4.69) is 4.98 Å². The SMILES string of the molecule is COc1ccc(S(=O)(=O)N2Cc3cccnc3C(C)[C@@H]2C(=O)NO)cc1. The van der Waals surface area contributed by atoms with Gasteiger partial charge in [-0.05, 0) is 35.9 Å². The molecule has 138 valence electrons. The fourth-order valence-electron chi connectivity index (χ4n) is 3.20. The van der Waals surface area contributed by atoms with Gasteiger partial charge < -0.3 is 4.74 Å². The summed E-state index contributed by atoms with van der Waals surface area (Å²) in [4.78, 5) is 16.6. The van der Waals surface area contributed by atoms with Gasteiger partial charge in [-0.15, -0.1) is 0 Å². The maximum absolute atomic E-state index is 13.2. The maximum atomic E-state index is 13.2. The molecule has 2 atom stereocenters. The maximum Gasteiger partial charge on any atom is 0.262 e. The van der Waals surface area contributed by atoms with Crippen LogP contribution >= 0.6 is 0 Å². The summed E-state index contributed by atoms with van der Waals surface area (Å²) in [6, 6.07) is 8.30. The number of carbonyl (C=O) groups excluding carboxylic acids is 1. The highest BCUT2D eigenvalue weighted by Crippen LogP contribution is 2.35. The molecule has 0 spiro atoms. The summed E-state index contributed by atoms with van der Waals surface area (Å²) < 4.78 is 32.5. The minimum absolute atomic E-state index is 0.0139. The van der Waals surface area contributed by atoms with Gasteiger partial charge in [0, 0.05) is 24.4 Å². The second-order valence-electron chi connectivity index (χ2n) is 5.98. The fraction of sp³-hybridized carbons (Fsp3) is 0.294. The van der Waals surface area contributed by atoms with Gasteiger partial charge in [-0.1, -0.05) is 13.0 Å². The third-order valence-electron chi connectivity index (χ3n) is 4.51. The standard InChI is InChI=1S/C17H19N3O5S/c1-11-15-12(4-3-9-18-15)10-20(16(11)17(21)19-22)26(23,24)14-7-5-13(25-2)6-8-14/h3-9,11,16,22H,10H2,1-2H3,(H,19,21)/t11?,16-/m1/s1. The van der Waals surface area contributed by atoms with Crippen LogP contribution < -0.4 is 10.2 Å². The van der Waals surface area contributed by atoms with Gasteiger partial charge in [0.1, 0.15) is 11.8 Å². The molecule has 0 radical (unpaired) electrons. The van der Waals surface area contributed by atoms with Gasteiger partial charge in [0.2, 0.25) is 10.0 Å². The van der Waals surface area contributed by atoms with E-state index in [9.17, 15) is 13.2 Å². The van der Waals surface area contributed by atoms with Crippen LogP contribution in [-0.2, 0) is 21.4 Å². The monoisotopic (exact) mass is 377 g/mol. The summed E-state index contributed by atoms with van der Waals surface area (Å²) >= 11 is 0. The minimum atomic E-state index is -3.99. The fourth-order valence-corrected chi connectivity index (χ4v) is 4.84. The summed E-state index contributed by atoms with van der Waals surface area (Å²) in [5.74, 6) is -0.804. The van der Waals surface area contributed by atoms with Gasteiger partial charge in [-0.3, -0.25) is 15.0 Å². The highest BCUT2D eigenvalue weighted by molar-refractivity contribution is 7.89. The van der Waals surface area contributed by atoms with Crippen molar-refractivity contribution in [3.05, 3.63) is 53.9 Å². The molecule has 1 amide bonds. The molecule has 0 saturated heterocycles. The Hall–Kier alpha value is -2.49. The number of nitrogens with one attached hydrogen (secondary N) is 1. The number of nitrogens with zero attached hydrogens (tertiary/aromatic N) is 2. The van der Waals surface area contributed by atoms with Gasteiger partial charge in [0.25, 0.3) is 5.91 Å². The lowest BCUT2D eigenvalue weighted by molar-refractivity contribution is -0.134. The molecule has 9 heteroatoms. The van der Waals surface area contributed by atoms with Crippen molar-refractivity contribution in [3.63, 3.8) is 0 Å². The molecule has 26 heavy (non-hydrogen) atoms. The first-order chi connectivity index (χ1) is 12.4. The van der Waals surface area contributed by atoms with Crippen LogP contribution in [-0.4, -0.2) is 42.0 Å². The summed E-state index contributed by atoms with van der Waals surface area (Å²) in [5, 5.41) is 9.12. The number of hydroxylamine groups is 1. The number of methoxy groups -OCH3 is 1. The molecule has 1 aliphatic heterocycles. The molecule has 1 aromatic heterocycles. The van der Waals surface area contributed by atoms with Crippen molar-refractivity contribution in [3.8, 4) is 5.75 Å². The van der Waals surface area contributed by atoms with Crippen LogP contribution in [0.15, 0.2) is 47.5 Å². The Morgan fingerprint density at radius 3 is 2.62 bits per heavy atom. The summed E-state index contributed by atoms with van der Waals surface area (Å²) in [6.45, 7) is 1.70. The highest BCUT2D eigenvalue weighted by atomic mass is 32.2. The molecule has 0 aliphatic carbocycles. The van der Waals surface area contributed by atoms with Crippen LogP contribution in [0.5, 0.6) is 5.75 Å². The summed E-state index contributed by atoms with van der Waals surface area (Å²) in [7, 11) is -2.50. The lowest BCUT2D eigenvalue weighted by Gasteiger charge is -2.37. The molecule has 0 fully saturated rings. The largest absolute Gasteiger partial charge is 0.497 e. The van der Waals surface area contributed by atoms with Crippen molar-refractivity contribution in [1.29, 1.82) is 0 Å². The Kier molecular flexibility index (Phi) is 4.94. The first-order valence-corrected chi connectivity index (χ1v) is 9.37. The molecule has 2 aromatic rings. The van der Waals surface area contributed by atoms with Crippen LogP contribution in [0.3, 0.4) is 0 Å². The van der Waals surface area contributed by atoms with Crippen LogP contribution in [0.2, 0.25) is 0 Å². The van der Waals surface area contributed by atoms with Gasteiger partial charge in [0.05, 0.1) is 12.0 Å². The number of pyridine rings is 1. The van der Waals surface area contributed by atoms with E-state index in [0.717, 1.165) is 9.87 Å². The quantitative estimate of drug-likeness (QED) is 0.614. The Bertz CT molecular complexity index is 914. The molecular formula is C17H19N3O5S. The normalized spacial score (nSPS) is 20.3. The van der Waals surface area contributed by atoms with Gasteiger partial charge in [-0.2, -0.15) is 4.31 Å². The average Bonchev–Trinajstić information content (AvgIpc) is 2.67. The number of aromatic nitrogens is 1. The van der Waals surface area contributed by atoms with Crippen molar-refractivity contribution in [2.75, 3.05) is 7.11 Å². The zero-order chi connectivity index (χ0) is 18.9. The molecule has 1 aromatic carbocycles. The molecule has 0 saturated carbocycles. The van der Waals surface area contributed by atoms with Gasteiger partial charge in [-0.25, -0.2) is 13.9 Å². The lowest BCUT2D eigenvalue weighted by atomic mass is 9.90. The highest BCUT2D eigenvalue weighted by Gasteiger charge is 2.44. The Balaban J connectivity index is 2.09. The predicted molar refractivity (Wildman–Crippen MR) is 92.1 cm³/mol. The zero-order valence-electron chi connectivity index (χ0n) is 14.3. The molecule has 3 rings (SSSR count). The molecule has 0 bridgehead atoms. The van der Waals surface area contributed by atoms with E-state index in [1.807, 2.05) is 0 Å². The number of rotatable bonds is 4. The molecule has 2 heterocycles. The number of hydrogen-bond acceptors (Lipinski definition) is 6. The summed E-state index contributed by atoms with van der Waals surface area (Å²) in [5.41, 5.74) is 2.94. The second-order valence-corrected chi connectivity index (χ2v) is 7.87. The number of hydrogen-bond donors (Lipinski definition) is 2. The van der Waals surface area contributed by atoms with Crippen LogP contribution in [0.4, 0.5) is 0 Å². The van der Waals surface area contributed by atoms with Gasteiger partial charge in [0.15, 0.2) is 0 Å². The number of benzene rings is 1. The molecule has 1 aliphatic rings. The molecule has 2 N–H and O–H groups in total.